The lowest BCUT2D eigenvalue weighted by Crippen LogP contribution is -2.37. The van der Waals surface area contributed by atoms with Crippen molar-refractivity contribution in [3.63, 3.8) is 0 Å². The third-order valence-corrected chi connectivity index (χ3v) is 5.77. The molecule has 1 amide bonds. The molecule has 2 aromatic rings. The van der Waals surface area contributed by atoms with Gasteiger partial charge in [0.25, 0.3) is 0 Å². The molecule has 0 bridgehead atoms. The van der Waals surface area contributed by atoms with Crippen molar-refractivity contribution in [1.82, 2.24) is 15.5 Å². The second-order valence-electron chi connectivity index (χ2n) is 7.80. The number of rotatable bonds is 7. The highest BCUT2D eigenvalue weighted by Gasteiger charge is 2.31. The number of carbonyl (C=O) groups excluding carboxylic acids is 1. The largest absolute Gasteiger partial charge is 0.444 e. The number of halogens is 1. The van der Waals surface area contributed by atoms with Crippen LogP contribution in [0.25, 0.3) is 0 Å². The van der Waals surface area contributed by atoms with E-state index in [1.807, 2.05) is 13.8 Å². The van der Waals surface area contributed by atoms with Gasteiger partial charge in [-0.05, 0) is 44.4 Å². The van der Waals surface area contributed by atoms with Gasteiger partial charge in [0.2, 0.25) is 15.7 Å². The van der Waals surface area contributed by atoms with Crippen molar-refractivity contribution >= 4 is 27.5 Å². The number of sulfone groups is 1. The predicted molar refractivity (Wildman–Crippen MR) is 108 cm³/mol. The maximum atomic E-state index is 12.6. The molecule has 0 aliphatic rings. The molecule has 0 saturated carbocycles. The molecule has 8 nitrogen and oxygen atoms in total. The molecule has 1 aromatic heterocycles. The van der Waals surface area contributed by atoms with Crippen LogP contribution in [0.2, 0.25) is 5.02 Å². The first kappa shape index (κ1) is 23.2. The van der Waals surface area contributed by atoms with E-state index in [1.54, 1.807) is 45.0 Å². The molecule has 0 saturated heterocycles. The lowest BCUT2D eigenvalue weighted by molar-refractivity contribution is 0.0473. The van der Waals surface area contributed by atoms with Crippen LogP contribution in [-0.2, 0) is 20.3 Å². The first-order valence-electron chi connectivity index (χ1n) is 9.21. The van der Waals surface area contributed by atoms with Crippen LogP contribution in [0.5, 0.6) is 0 Å². The van der Waals surface area contributed by atoms with Gasteiger partial charge >= 0.3 is 11.3 Å². The van der Waals surface area contributed by atoms with Crippen LogP contribution in [0.1, 0.15) is 58.5 Å². The molecule has 1 N–H and O–H groups in total. The second kappa shape index (κ2) is 9.13. The fourth-order valence-electron chi connectivity index (χ4n) is 2.45. The molecule has 0 spiro atoms. The summed E-state index contributed by atoms with van der Waals surface area (Å²) in [6.07, 6.45) is 0.0435. The van der Waals surface area contributed by atoms with Gasteiger partial charge in [0.05, 0.1) is 5.75 Å². The quantitative estimate of drug-likeness (QED) is 0.678. The minimum Gasteiger partial charge on any atom is -0.444 e. The highest BCUT2D eigenvalue weighted by Crippen LogP contribution is 2.26. The summed E-state index contributed by atoms with van der Waals surface area (Å²) in [5.41, 5.74) is -0.133. The topological polar surface area (TPSA) is 111 Å². The monoisotopic (exact) mass is 443 g/mol. The molecule has 29 heavy (non-hydrogen) atoms. The van der Waals surface area contributed by atoms with Crippen LogP contribution in [0.4, 0.5) is 4.79 Å². The normalized spacial score (nSPS) is 14.3. The zero-order valence-electron chi connectivity index (χ0n) is 17.1. The smallest absolute Gasteiger partial charge is 0.408 e. The van der Waals surface area contributed by atoms with Crippen molar-refractivity contribution in [3.8, 4) is 0 Å². The van der Waals surface area contributed by atoms with Crippen molar-refractivity contribution in [3.05, 3.63) is 40.7 Å². The third kappa shape index (κ3) is 6.71. The van der Waals surface area contributed by atoms with Crippen LogP contribution in [0.3, 0.4) is 0 Å². The van der Waals surface area contributed by atoms with E-state index >= 15 is 0 Å². The van der Waals surface area contributed by atoms with Gasteiger partial charge in [0, 0.05) is 5.02 Å². The Morgan fingerprint density at radius 1 is 1.24 bits per heavy atom. The van der Waals surface area contributed by atoms with Crippen molar-refractivity contribution in [1.29, 1.82) is 0 Å². The molecule has 160 valence electrons. The zero-order valence-corrected chi connectivity index (χ0v) is 18.7. The number of hydrogen-bond donors (Lipinski definition) is 1. The number of amides is 1. The maximum absolute atomic E-state index is 12.6. The van der Waals surface area contributed by atoms with Crippen molar-refractivity contribution in [2.24, 2.45) is 5.92 Å². The number of aromatic nitrogens is 2. The van der Waals surface area contributed by atoms with Crippen LogP contribution >= 0.6 is 11.6 Å². The Hall–Kier alpha value is -2.13. The summed E-state index contributed by atoms with van der Waals surface area (Å²) in [5, 5.41) is 10.3. The van der Waals surface area contributed by atoms with Crippen LogP contribution in [-0.4, -0.2) is 30.3 Å². The molecular formula is C19H26ClN3O5S. The predicted octanol–water partition coefficient (Wildman–Crippen LogP) is 4.31. The minimum atomic E-state index is -3.86. The fourth-order valence-corrected chi connectivity index (χ4v) is 3.71. The molecule has 1 heterocycles. The summed E-state index contributed by atoms with van der Waals surface area (Å²) in [4.78, 5) is 12.2. The van der Waals surface area contributed by atoms with E-state index in [2.05, 4.69) is 15.5 Å². The van der Waals surface area contributed by atoms with Gasteiger partial charge in [0.1, 0.15) is 11.6 Å². The van der Waals surface area contributed by atoms with Crippen LogP contribution < -0.4 is 5.32 Å². The first-order valence-corrected chi connectivity index (χ1v) is 11.2. The van der Waals surface area contributed by atoms with Gasteiger partial charge < -0.3 is 14.5 Å². The molecular weight excluding hydrogens is 418 g/mol. The van der Waals surface area contributed by atoms with E-state index in [9.17, 15) is 13.2 Å². The molecule has 0 aliphatic heterocycles. The van der Waals surface area contributed by atoms with Crippen molar-refractivity contribution < 1.29 is 22.4 Å². The summed E-state index contributed by atoms with van der Waals surface area (Å²) in [6, 6.07) is 5.76. The Kier molecular flexibility index (Phi) is 7.29. The van der Waals surface area contributed by atoms with E-state index in [4.69, 9.17) is 20.8 Å². The van der Waals surface area contributed by atoms with Crippen LogP contribution in [0, 0.1) is 5.92 Å². The van der Waals surface area contributed by atoms with E-state index < -0.39 is 32.8 Å². The lowest BCUT2D eigenvalue weighted by Gasteiger charge is -2.24. The van der Waals surface area contributed by atoms with Gasteiger partial charge in [-0.15, -0.1) is 5.10 Å². The Morgan fingerprint density at radius 2 is 1.86 bits per heavy atom. The van der Waals surface area contributed by atoms with Gasteiger partial charge in [-0.2, -0.15) is 0 Å². The highest BCUT2D eigenvalue weighted by molar-refractivity contribution is 7.90. The molecule has 0 fully saturated rings. The number of nitrogens with zero attached hydrogens (tertiary/aromatic N) is 2. The van der Waals surface area contributed by atoms with Gasteiger partial charge in [0.15, 0.2) is 0 Å². The summed E-state index contributed by atoms with van der Waals surface area (Å²) < 4.78 is 36.0. The van der Waals surface area contributed by atoms with E-state index in [-0.39, 0.29) is 17.6 Å². The van der Waals surface area contributed by atoms with Crippen molar-refractivity contribution in [2.45, 2.75) is 63.7 Å². The fraction of sp³-hybridized carbons (Fsp3) is 0.526. The van der Waals surface area contributed by atoms with E-state index in [0.29, 0.717) is 17.0 Å². The molecule has 10 heteroatoms. The zero-order chi connectivity index (χ0) is 21.8. The molecule has 2 rings (SSSR count). The summed E-state index contributed by atoms with van der Waals surface area (Å²) in [7, 11) is -3.86. The van der Waals surface area contributed by atoms with Crippen molar-refractivity contribution in [2.75, 3.05) is 0 Å². The number of nitrogens with one attached hydrogen (secondary N) is 1. The SMILES string of the molecule is CC[C@H](C)[C@@H](NC(=O)OC(C)(C)C)c1nnc(S(=O)(=O)Cc2ccc(Cl)cc2)o1. The summed E-state index contributed by atoms with van der Waals surface area (Å²) >= 11 is 5.83. The standard InChI is InChI=1S/C19H26ClN3O5S/c1-6-12(2)15(21-17(24)28-19(3,4)5)16-22-23-18(27-16)29(25,26)11-13-7-9-14(20)10-8-13/h7-10,12,15H,6,11H2,1-5H3,(H,21,24)/t12-,15+/m0/s1. The average Bonchev–Trinajstić information content (AvgIpc) is 3.10. The number of hydrogen-bond acceptors (Lipinski definition) is 7. The van der Waals surface area contributed by atoms with Gasteiger partial charge in [-0.3, -0.25) is 0 Å². The van der Waals surface area contributed by atoms with E-state index in [0.717, 1.165) is 0 Å². The maximum Gasteiger partial charge on any atom is 0.408 e. The average molecular weight is 444 g/mol. The summed E-state index contributed by atoms with van der Waals surface area (Å²) in [5.74, 6) is -0.381. The highest BCUT2D eigenvalue weighted by atomic mass is 35.5. The molecule has 0 aliphatic carbocycles. The molecule has 1 aromatic carbocycles. The van der Waals surface area contributed by atoms with E-state index in [1.165, 1.54) is 0 Å². The Bertz CT molecular complexity index is 935. The number of ether oxygens (including phenoxy) is 1. The Labute approximate surface area is 175 Å². The van der Waals surface area contributed by atoms with Crippen LogP contribution in [0.15, 0.2) is 33.9 Å². The molecule has 0 radical (unpaired) electrons. The van der Waals surface area contributed by atoms with Gasteiger partial charge in [-0.1, -0.05) is 49.1 Å². The molecule has 0 unspecified atom stereocenters. The lowest BCUT2D eigenvalue weighted by atomic mass is 9.99. The Balaban J connectivity index is 2.22. The number of alkyl carbamates (subject to hydrolysis) is 1. The second-order valence-corrected chi connectivity index (χ2v) is 10.1. The number of benzene rings is 1. The third-order valence-electron chi connectivity index (χ3n) is 4.11. The first-order chi connectivity index (χ1) is 13.4. The Morgan fingerprint density at radius 3 is 2.41 bits per heavy atom. The van der Waals surface area contributed by atoms with Gasteiger partial charge in [-0.25, -0.2) is 13.2 Å². The summed E-state index contributed by atoms with van der Waals surface area (Å²) in [6.45, 7) is 9.06. The minimum absolute atomic E-state index is 0.0138. The molecule has 2 atom stereocenters. The number of carbonyl (C=O) groups is 1.